The van der Waals surface area contributed by atoms with Crippen LogP contribution in [-0.2, 0) is 28.7 Å². The van der Waals surface area contributed by atoms with E-state index >= 15 is 0 Å². The second-order valence-electron chi connectivity index (χ2n) is 6.21. The summed E-state index contributed by atoms with van der Waals surface area (Å²) in [5.41, 5.74) is 0. The highest BCUT2D eigenvalue weighted by molar-refractivity contribution is 8.01. The molecule has 2 aliphatic rings. The first-order valence-corrected chi connectivity index (χ1v) is 8.83. The average molecular weight is 370 g/mol. The van der Waals surface area contributed by atoms with Gasteiger partial charge in [0.2, 0.25) is 11.8 Å². The van der Waals surface area contributed by atoms with Crippen molar-refractivity contribution in [2.45, 2.75) is 49.4 Å². The second-order valence-corrected chi connectivity index (χ2v) is 7.98. The third-order valence-corrected chi connectivity index (χ3v) is 5.51. The molecular formula is C16H22N2O6S. The fourth-order valence-electron chi connectivity index (χ4n) is 2.91. The van der Waals surface area contributed by atoms with Crippen LogP contribution in [0.2, 0.25) is 0 Å². The summed E-state index contributed by atoms with van der Waals surface area (Å²) in [4.78, 5) is 49.4. The van der Waals surface area contributed by atoms with Gasteiger partial charge in [0.15, 0.2) is 0 Å². The van der Waals surface area contributed by atoms with E-state index < -0.39 is 41.1 Å². The van der Waals surface area contributed by atoms with Crippen LogP contribution in [0.25, 0.3) is 0 Å². The van der Waals surface area contributed by atoms with Gasteiger partial charge in [-0.25, -0.2) is 4.79 Å². The summed E-state index contributed by atoms with van der Waals surface area (Å²) >= 11 is 1.42. The van der Waals surface area contributed by atoms with Gasteiger partial charge in [-0.1, -0.05) is 12.7 Å². The highest BCUT2D eigenvalue weighted by atomic mass is 32.2. The number of β-lactam (4-membered cyclic amide) rings is 1. The zero-order valence-corrected chi connectivity index (χ0v) is 15.3. The molecule has 2 rings (SSSR count). The summed E-state index contributed by atoms with van der Waals surface area (Å²) in [5, 5.41) is 2.18. The Labute approximate surface area is 150 Å². The molecule has 25 heavy (non-hydrogen) atoms. The normalized spacial score (nSPS) is 26.3. The molecule has 0 bridgehead atoms. The number of hydrogen-bond acceptors (Lipinski definition) is 7. The summed E-state index contributed by atoms with van der Waals surface area (Å²) in [6.45, 7) is 9.09. The van der Waals surface area contributed by atoms with E-state index in [0.717, 1.165) is 0 Å². The Hall–Kier alpha value is -2.03. The van der Waals surface area contributed by atoms with E-state index in [0.29, 0.717) is 0 Å². The maximum absolute atomic E-state index is 12.4. The number of thioether (sulfide) groups is 1. The molecule has 138 valence electrons. The lowest BCUT2D eigenvalue weighted by atomic mass is 9.96. The van der Waals surface area contributed by atoms with Crippen LogP contribution < -0.4 is 5.32 Å². The van der Waals surface area contributed by atoms with Crippen molar-refractivity contribution >= 4 is 35.5 Å². The third kappa shape index (κ3) is 3.81. The molecule has 2 heterocycles. The minimum Gasteiger partial charge on any atom is -0.466 e. The number of nitrogens with one attached hydrogen (secondary N) is 1. The predicted molar refractivity (Wildman–Crippen MR) is 90.4 cm³/mol. The fraction of sp³-hybridized carbons (Fsp3) is 0.625. The Morgan fingerprint density at radius 3 is 2.64 bits per heavy atom. The van der Waals surface area contributed by atoms with E-state index in [1.54, 1.807) is 6.92 Å². The van der Waals surface area contributed by atoms with Crippen molar-refractivity contribution in [1.82, 2.24) is 10.2 Å². The second kappa shape index (κ2) is 7.47. The van der Waals surface area contributed by atoms with Crippen molar-refractivity contribution in [1.29, 1.82) is 0 Å². The molecule has 0 radical (unpaired) electrons. The molecule has 0 aromatic heterocycles. The Morgan fingerprint density at radius 1 is 1.36 bits per heavy atom. The lowest BCUT2D eigenvalue weighted by Crippen LogP contribution is -2.70. The zero-order valence-electron chi connectivity index (χ0n) is 14.4. The number of esters is 2. The minimum absolute atomic E-state index is 0.0719. The molecule has 9 heteroatoms. The van der Waals surface area contributed by atoms with E-state index in [9.17, 15) is 19.2 Å². The Morgan fingerprint density at radius 2 is 2.04 bits per heavy atom. The van der Waals surface area contributed by atoms with Crippen LogP contribution in [0.5, 0.6) is 0 Å². The smallest absolute Gasteiger partial charge is 0.330 e. The lowest BCUT2D eigenvalue weighted by Gasteiger charge is -2.43. The third-order valence-electron chi connectivity index (χ3n) is 3.93. The van der Waals surface area contributed by atoms with E-state index in [1.807, 2.05) is 13.8 Å². The van der Waals surface area contributed by atoms with Gasteiger partial charge >= 0.3 is 11.9 Å². The largest absolute Gasteiger partial charge is 0.466 e. The lowest BCUT2D eigenvalue weighted by molar-refractivity contribution is -0.164. The molecule has 1 N–H and O–H groups in total. The SMILES string of the molecule is C=CCOC(=O)C1N2C(=O)[C@@H](NC(=O)CC(=O)OCC)[C@@H]2SC1(C)C. The van der Waals surface area contributed by atoms with Gasteiger partial charge < -0.3 is 19.7 Å². The van der Waals surface area contributed by atoms with E-state index in [2.05, 4.69) is 11.9 Å². The number of nitrogens with zero attached hydrogens (tertiary/aromatic N) is 1. The highest BCUT2D eigenvalue weighted by Gasteiger charge is 2.64. The van der Waals surface area contributed by atoms with Gasteiger partial charge in [-0.2, -0.15) is 0 Å². The van der Waals surface area contributed by atoms with Crippen molar-refractivity contribution < 1.29 is 28.7 Å². The molecule has 2 aliphatic heterocycles. The van der Waals surface area contributed by atoms with Crippen LogP contribution in [-0.4, -0.2) is 64.1 Å². The molecular weight excluding hydrogens is 348 g/mol. The minimum atomic E-state index is -0.761. The summed E-state index contributed by atoms with van der Waals surface area (Å²) < 4.78 is 9.25. The molecule has 0 spiro atoms. The quantitative estimate of drug-likeness (QED) is 0.296. The Balaban J connectivity index is 2.01. The number of carbonyl (C=O) groups excluding carboxylic acids is 4. The maximum Gasteiger partial charge on any atom is 0.330 e. The van der Waals surface area contributed by atoms with Crippen LogP contribution in [0.3, 0.4) is 0 Å². The van der Waals surface area contributed by atoms with E-state index in [1.165, 1.54) is 22.7 Å². The predicted octanol–water partition coefficient (Wildman–Crippen LogP) is 0.216. The van der Waals surface area contributed by atoms with E-state index in [4.69, 9.17) is 9.47 Å². The number of amides is 2. The number of fused-ring (bicyclic) bond motifs is 1. The molecule has 1 unspecified atom stereocenters. The summed E-state index contributed by atoms with van der Waals surface area (Å²) in [6, 6.07) is -1.49. The monoisotopic (exact) mass is 370 g/mol. The summed E-state index contributed by atoms with van der Waals surface area (Å²) in [6.07, 6.45) is 1.02. The Bertz CT molecular complexity index is 605. The molecule has 2 fully saturated rings. The molecule has 2 amide bonds. The molecule has 8 nitrogen and oxygen atoms in total. The average Bonchev–Trinajstić information content (AvgIpc) is 2.78. The van der Waals surface area contributed by atoms with Gasteiger partial charge in [0.1, 0.15) is 30.5 Å². The first kappa shape index (κ1) is 19.3. The summed E-state index contributed by atoms with van der Waals surface area (Å²) in [5.74, 6) is -2.08. The standard InChI is InChI=1S/C16H22N2O6S/c1-5-7-24-15(22)12-16(3,4)25-14-11(13(21)18(12)14)17-9(19)8-10(20)23-6-2/h5,11-12,14H,1,6-8H2,2-4H3,(H,17,19)/t11-,12?,14+/m1/s1. The van der Waals surface area contributed by atoms with Crippen LogP contribution in [0.15, 0.2) is 12.7 Å². The molecule has 0 aliphatic carbocycles. The zero-order chi connectivity index (χ0) is 18.8. The van der Waals surface area contributed by atoms with Crippen molar-refractivity contribution in [3.63, 3.8) is 0 Å². The van der Waals surface area contributed by atoms with Gasteiger partial charge in [-0.3, -0.25) is 14.4 Å². The highest BCUT2D eigenvalue weighted by Crippen LogP contribution is 2.51. The van der Waals surface area contributed by atoms with Crippen molar-refractivity contribution in [3.05, 3.63) is 12.7 Å². The molecule has 2 saturated heterocycles. The molecule has 0 aromatic carbocycles. The number of ether oxygens (including phenoxy) is 2. The first-order chi connectivity index (χ1) is 11.7. The van der Waals surface area contributed by atoms with Crippen LogP contribution in [0.1, 0.15) is 27.2 Å². The van der Waals surface area contributed by atoms with Crippen molar-refractivity contribution in [2.24, 2.45) is 0 Å². The Kier molecular flexibility index (Phi) is 5.76. The molecule has 0 aromatic rings. The van der Waals surface area contributed by atoms with Crippen LogP contribution in [0.4, 0.5) is 0 Å². The van der Waals surface area contributed by atoms with Crippen LogP contribution in [0, 0.1) is 0 Å². The fourth-order valence-corrected chi connectivity index (χ4v) is 4.53. The first-order valence-electron chi connectivity index (χ1n) is 7.95. The maximum atomic E-state index is 12.4. The number of hydrogen-bond donors (Lipinski definition) is 1. The topological polar surface area (TPSA) is 102 Å². The van der Waals surface area contributed by atoms with Gasteiger partial charge in [0, 0.05) is 4.75 Å². The van der Waals surface area contributed by atoms with Gasteiger partial charge in [0.25, 0.3) is 0 Å². The van der Waals surface area contributed by atoms with E-state index in [-0.39, 0.29) is 24.5 Å². The molecule has 0 saturated carbocycles. The van der Waals surface area contributed by atoms with Crippen molar-refractivity contribution in [2.75, 3.05) is 13.2 Å². The summed E-state index contributed by atoms with van der Waals surface area (Å²) in [7, 11) is 0. The van der Waals surface area contributed by atoms with Gasteiger partial charge in [-0.05, 0) is 20.8 Å². The van der Waals surface area contributed by atoms with Crippen molar-refractivity contribution in [3.8, 4) is 0 Å². The van der Waals surface area contributed by atoms with Crippen LogP contribution >= 0.6 is 11.8 Å². The molecule has 3 atom stereocenters. The van der Waals surface area contributed by atoms with Gasteiger partial charge in [0.05, 0.1) is 6.61 Å². The van der Waals surface area contributed by atoms with Gasteiger partial charge in [-0.15, -0.1) is 11.8 Å². The number of rotatable bonds is 7. The number of carbonyl (C=O) groups is 4.